The number of aliphatic hydroxyl groups is 1. The molecule has 210 valence electrons. The van der Waals surface area contributed by atoms with Gasteiger partial charge in [0.2, 0.25) is 5.95 Å². The second-order valence-corrected chi connectivity index (χ2v) is 10.6. The number of halogens is 2. The Balaban J connectivity index is 1.40. The van der Waals surface area contributed by atoms with Gasteiger partial charge in [0, 0.05) is 49.9 Å². The van der Waals surface area contributed by atoms with E-state index in [1.807, 2.05) is 12.1 Å². The van der Waals surface area contributed by atoms with E-state index in [-0.39, 0.29) is 27.7 Å². The first-order chi connectivity index (χ1) is 19.9. The molecular formula is C28H27Cl2N9O2. The van der Waals surface area contributed by atoms with Crippen LogP contribution in [0.2, 0.25) is 10.0 Å². The second-order valence-electron chi connectivity index (χ2n) is 9.74. The molecule has 0 aliphatic carbocycles. The third kappa shape index (κ3) is 5.49. The molecule has 0 radical (unpaired) electrons. The number of para-hydroxylation sites is 1. The number of likely N-dealkylation sites (N-methyl/N-ethyl adjacent to an activating group) is 1. The lowest BCUT2D eigenvalue weighted by Gasteiger charge is -2.34. The van der Waals surface area contributed by atoms with Crippen LogP contribution in [0.4, 0.5) is 17.3 Å². The minimum Gasteiger partial charge on any atom is -0.394 e. The van der Waals surface area contributed by atoms with Crippen molar-refractivity contribution in [2.45, 2.75) is 6.54 Å². The topological polar surface area (TPSA) is 117 Å². The molecule has 4 heterocycles. The maximum atomic E-state index is 13.6. The molecule has 11 nitrogen and oxygen atoms in total. The summed E-state index contributed by atoms with van der Waals surface area (Å²) in [4.78, 5) is 27.4. The summed E-state index contributed by atoms with van der Waals surface area (Å²) in [6.07, 6.45) is 3.18. The molecule has 6 rings (SSSR count). The quantitative estimate of drug-likeness (QED) is 0.291. The molecule has 5 aromatic rings. The van der Waals surface area contributed by atoms with E-state index < -0.39 is 5.56 Å². The maximum absolute atomic E-state index is 13.6. The Labute approximate surface area is 245 Å². The van der Waals surface area contributed by atoms with Crippen LogP contribution in [0.25, 0.3) is 28.0 Å². The lowest BCUT2D eigenvalue weighted by Crippen LogP contribution is -2.44. The zero-order valence-electron chi connectivity index (χ0n) is 22.2. The van der Waals surface area contributed by atoms with Gasteiger partial charge in [-0.3, -0.25) is 9.48 Å². The van der Waals surface area contributed by atoms with Gasteiger partial charge in [0.15, 0.2) is 0 Å². The second kappa shape index (κ2) is 11.5. The van der Waals surface area contributed by atoms with E-state index in [4.69, 9.17) is 23.2 Å². The van der Waals surface area contributed by atoms with Gasteiger partial charge in [-0.05, 0) is 49.5 Å². The van der Waals surface area contributed by atoms with Crippen LogP contribution in [-0.4, -0.2) is 79.4 Å². The van der Waals surface area contributed by atoms with Crippen molar-refractivity contribution in [3.63, 3.8) is 0 Å². The first kappa shape index (κ1) is 27.2. The molecular weight excluding hydrogens is 565 g/mol. The number of piperazine rings is 1. The van der Waals surface area contributed by atoms with Gasteiger partial charge >= 0.3 is 0 Å². The minimum atomic E-state index is -0.475. The fraction of sp³-hybridized carbons (Fsp3) is 0.250. The molecule has 0 atom stereocenters. The highest BCUT2D eigenvalue weighted by Crippen LogP contribution is 2.30. The highest BCUT2D eigenvalue weighted by Gasteiger charge is 2.21. The predicted molar refractivity (Wildman–Crippen MR) is 161 cm³/mol. The summed E-state index contributed by atoms with van der Waals surface area (Å²) >= 11 is 12.9. The molecule has 2 N–H and O–H groups in total. The third-order valence-electron chi connectivity index (χ3n) is 6.99. The average Bonchev–Trinajstić information content (AvgIpc) is 3.43. The van der Waals surface area contributed by atoms with Crippen LogP contribution in [0.3, 0.4) is 0 Å². The number of benzene rings is 2. The molecule has 0 bridgehead atoms. The zero-order valence-corrected chi connectivity index (χ0v) is 23.7. The van der Waals surface area contributed by atoms with Crippen LogP contribution in [0.5, 0.6) is 0 Å². The number of anilines is 3. The number of nitrogens with zero attached hydrogens (tertiary/aromatic N) is 8. The van der Waals surface area contributed by atoms with Crippen molar-refractivity contribution in [1.29, 1.82) is 0 Å². The smallest absolute Gasteiger partial charge is 0.282 e. The molecule has 41 heavy (non-hydrogen) atoms. The molecule has 3 aromatic heterocycles. The van der Waals surface area contributed by atoms with Crippen molar-refractivity contribution >= 4 is 51.4 Å². The van der Waals surface area contributed by atoms with Crippen molar-refractivity contribution < 1.29 is 5.11 Å². The van der Waals surface area contributed by atoms with E-state index in [2.05, 4.69) is 54.5 Å². The van der Waals surface area contributed by atoms with Gasteiger partial charge in [-0.2, -0.15) is 14.9 Å². The van der Waals surface area contributed by atoms with Gasteiger partial charge in [0.1, 0.15) is 22.6 Å². The molecule has 0 spiro atoms. The van der Waals surface area contributed by atoms with E-state index in [9.17, 15) is 9.90 Å². The zero-order chi connectivity index (χ0) is 28.5. The van der Waals surface area contributed by atoms with Gasteiger partial charge in [0.25, 0.3) is 5.56 Å². The number of hydrogen-bond donors (Lipinski definition) is 2. The highest BCUT2D eigenvalue weighted by atomic mass is 35.5. The molecule has 0 amide bonds. The van der Waals surface area contributed by atoms with E-state index in [1.165, 1.54) is 6.20 Å². The van der Waals surface area contributed by atoms with Gasteiger partial charge in [-0.15, -0.1) is 0 Å². The molecule has 1 aliphatic heterocycles. The first-order valence-corrected chi connectivity index (χ1v) is 13.9. The summed E-state index contributed by atoms with van der Waals surface area (Å²) in [5.41, 5.74) is 2.85. The highest BCUT2D eigenvalue weighted by molar-refractivity contribution is 6.37. The van der Waals surface area contributed by atoms with Crippen molar-refractivity contribution in [3.05, 3.63) is 81.3 Å². The largest absolute Gasteiger partial charge is 0.394 e. The lowest BCUT2D eigenvalue weighted by atomic mass is 10.2. The standard InChI is InChI=1S/C28H27Cl2N9O2/c1-36-11-13-37(14-12-36)19-7-5-18(6-8-19)32-28-31-17-20-24(33-28)25(23-9-10-38(34-23)15-16-40)35-39(27(20)41)26-21(29)3-2-4-22(26)30/h2-10,17,40H,11-16H2,1H3,(H,31,32,33). The van der Waals surface area contributed by atoms with Crippen LogP contribution in [-0.2, 0) is 6.54 Å². The van der Waals surface area contributed by atoms with Crippen molar-refractivity contribution in [3.8, 4) is 17.1 Å². The Morgan fingerprint density at radius 3 is 2.41 bits per heavy atom. The van der Waals surface area contributed by atoms with E-state index in [1.54, 1.807) is 35.1 Å². The number of aromatic nitrogens is 6. The monoisotopic (exact) mass is 591 g/mol. The Bertz CT molecular complexity index is 1740. The number of fused-ring (bicyclic) bond motifs is 1. The molecule has 2 aromatic carbocycles. The van der Waals surface area contributed by atoms with Gasteiger partial charge in [0.05, 0.1) is 28.6 Å². The minimum absolute atomic E-state index is 0.0755. The summed E-state index contributed by atoms with van der Waals surface area (Å²) in [6, 6.07) is 14.8. The van der Waals surface area contributed by atoms with Crippen molar-refractivity contribution in [2.24, 2.45) is 0 Å². The molecule has 0 unspecified atom stereocenters. The van der Waals surface area contributed by atoms with E-state index >= 15 is 0 Å². The van der Waals surface area contributed by atoms with Gasteiger partial charge in [-0.25, -0.2) is 9.97 Å². The maximum Gasteiger partial charge on any atom is 0.282 e. The number of rotatable bonds is 7. The fourth-order valence-corrected chi connectivity index (χ4v) is 5.32. The number of aliphatic hydroxyl groups excluding tert-OH is 1. The molecule has 1 aliphatic rings. The number of nitrogens with one attached hydrogen (secondary N) is 1. The average molecular weight is 592 g/mol. The Hall–Kier alpha value is -4.03. The summed E-state index contributed by atoms with van der Waals surface area (Å²) in [7, 11) is 2.14. The summed E-state index contributed by atoms with van der Waals surface area (Å²) < 4.78 is 2.74. The van der Waals surface area contributed by atoms with Crippen molar-refractivity contribution in [2.75, 3.05) is 50.1 Å². The van der Waals surface area contributed by atoms with E-state index in [0.717, 1.165) is 42.2 Å². The molecule has 0 saturated carbocycles. The van der Waals surface area contributed by atoms with Crippen LogP contribution in [0.1, 0.15) is 0 Å². The van der Waals surface area contributed by atoms with Crippen LogP contribution in [0, 0.1) is 0 Å². The summed E-state index contributed by atoms with van der Waals surface area (Å²) in [5, 5.41) is 22.5. The molecule has 1 saturated heterocycles. The van der Waals surface area contributed by atoms with Crippen molar-refractivity contribution in [1.82, 2.24) is 34.4 Å². The molecule has 13 heteroatoms. The van der Waals surface area contributed by atoms with Gasteiger partial charge < -0.3 is 20.2 Å². The Morgan fingerprint density at radius 2 is 1.71 bits per heavy atom. The number of hydrogen-bond acceptors (Lipinski definition) is 9. The summed E-state index contributed by atoms with van der Waals surface area (Å²) in [6.45, 7) is 4.26. The van der Waals surface area contributed by atoms with E-state index in [0.29, 0.717) is 29.4 Å². The van der Waals surface area contributed by atoms with Crippen LogP contribution in [0.15, 0.2) is 65.7 Å². The SMILES string of the molecule is CN1CCN(c2ccc(Nc3ncc4c(=O)n(-c5c(Cl)cccc5Cl)nc(-c5ccn(CCO)n5)c4n3)cc2)CC1. The van der Waals surface area contributed by atoms with Crippen LogP contribution >= 0.6 is 23.2 Å². The van der Waals surface area contributed by atoms with Gasteiger partial charge in [-0.1, -0.05) is 29.3 Å². The predicted octanol–water partition coefficient (Wildman–Crippen LogP) is 3.83. The summed E-state index contributed by atoms with van der Waals surface area (Å²) in [5.74, 6) is 0.301. The Morgan fingerprint density at radius 1 is 0.976 bits per heavy atom. The normalized spacial score (nSPS) is 14.1. The fourth-order valence-electron chi connectivity index (χ4n) is 4.77. The molecule has 1 fully saturated rings. The lowest BCUT2D eigenvalue weighted by molar-refractivity contribution is 0.269. The van der Waals surface area contributed by atoms with Crippen LogP contribution < -0.4 is 15.8 Å². The first-order valence-electron chi connectivity index (χ1n) is 13.1. The third-order valence-corrected chi connectivity index (χ3v) is 7.60. The Kier molecular flexibility index (Phi) is 7.59.